The average Bonchev–Trinajstić information content (AvgIpc) is 3.23. The zero-order valence-corrected chi connectivity index (χ0v) is 15.8. The van der Waals surface area contributed by atoms with Crippen molar-refractivity contribution < 1.29 is 9.53 Å². The average molecular weight is 375 g/mol. The van der Waals surface area contributed by atoms with Gasteiger partial charge in [0.05, 0.1) is 6.61 Å². The van der Waals surface area contributed by atoms with Gasteiger partial charge >= 0.3 is 6.03 Å². The van der Waals surface area contributed by atoms with Gasteiger partial charge in [0.25, 0.3) is 0 Å². The number of nitrogens with one attached hydrogen (secondary N) is 1. The van der Waals surface area contributed by atoms with Gasteiger partial charge in [0.1, 0.15) is 0 Å². The summed E-state index contributed by atoms with van der Waals surface area (Å²) in [4.78, 5) is 20.6. The third-order valence-electron chi connectivity index (χ3n) is 4.38. The van der Waals surface area contributed by atoms with Crippen LogP contribution in [0.5, 0.6) is 0 Å². The predicted molar refractivity (Wildman–Crippen MR) is 105 cm³/mol. The van der Waals surface area contributed by atoms with Crippen molar-refractivity contribution in [3.05, 3.63) is 47.5 Å². The van der Waals surface area contributed by atoms with Crippen LogP contribution in [0.1, 0.15) is 12.0 Å². The van der Waals surface area contributed by atoms with Crippen LogP contribution in [-0.2, 0) is 11.2 Å². The van der Waals surface area contributed by atoms with Gasteiger partial charge in [-0.15, -0.1) is 11.3 Å². The van der Waals surface area contributed by atoms with E-state index < -0.39 is 0 Å². The third-order valence-corrected chi connectivity index (χ3v) is 5.21. The highest BCUT2D eigenvalue weighted by Crippen LogP contribution is 2.18. The number of aromatic nitrogens is 1. The molecule has 0 aliphatic carbocycles. The predicted octanol–water partition coefficient (Wildman–Crippen LogP) is 2.62. The molecule has 1 N–H and O–H groups in total. The highest BCUT2D eigenvalue weighted by molar-refractivity contribution is 7.13. The fraction of sp³-hybridized carbons (Fsp3) is 0.474. The van der Waals surface area contributed by atoms with E-state index in [1.54, 1.807) is 11.3 Å². The maximum atomic E-state index is 12.2. The highest BCUT2D eigenvalue weighted by atomic mass is 32.1. The van der Waals surface area contributed by atoms with Crippen molar-refractivity contribution >= 4 is 22.5 Å². The number of urea groups is 1. The van der Waals surface area contributed by atoms with Gasteiger partial charge in [-0.3, -0.25) is 0 Å². The highest BCUT2D eigenvalue weighted by Gasteiger charge is 2.21. The maximum absolute atomic E-state index is 12.2. The third kappa shape index (κ3) is 5.71. The van der Waals surface area contributed by atoms with E-state index in [9.17, 15) is 4.79 Å². The van der Waals surface area contributed by atoms with Crippen molar-refractivity contribution in [3.8, 4) is 0 Å². The molecule has 0 unspecified atom stereocenters. The quantitative estimate of drug-likeness (QED) is 0.722. The zero-order valence-electron chi connectivity index (χ0n) is 15.0. The Bertz CT molecular complexity index is 643. The number of nitrogens with zero attached hydrogens (tertiary/aromatic N) is 3. The van der Waals surface area contributed by atoms with Crippen LogP contribution < -0.4 is 10.2 Å². The number of hydrogen-bond donors (Lipinski definition) is 1. The number of ether oxygens (including phenoxy) is 1. The minimum absolute atomic E-state index is 0.0214. The summed E-state index contributed by atoms with van der Waals surface area (Å²) in [5, 5.41) is 6.01. The lowest BCUT2D eigenvalue weighted by molar-refractivity contribution is 0.134. The number of thiazole rings is 1. The summed E-state index contributed by atoms with van der Waals surface area (Å²) in [6, 6.07) is 10.3. The van der Waals surface area contributed by atoms with Crippen LogP contribution >= 0.6 is 11.3 Å². The monoisotopic (exact) mass is 374 g/mol. The second-order valence-corrected chi connectivity index (χ2v) is 7.10. The second kappa shape index (κ2) is 10.1. The number of benzene rings is 1. The molecule has 2 heterocycles. The van der Waals surface area contributed by atoms with E-state index in [2.05, 4.69) is 27.3 Å². The number of piperazine rings is 1. The summed E-state index contributed by atoms with van der Waals surface area (Å²) < 4.78 is 5.64. The summed E-state index contributed by atoms with van der Waals surface area (Å²) in [5.74, 6) is 0. The van der Waals surface area contributed by atoms with Crippen LogP contribution in [0.4, 0.5) is 9.93 Å². The number of anilines is 1. The molecule has 1 aliphatic heterocycles. The van der Waals surface area contributed by atoms with Gasteiger partial charge in [-0.05, 0) is 18.4 Å². The molecule has 1 aromatic carbocycles. The zero-order chi connectivity index (χ0) is 18.0. The van der Waals surface area contributed by atoms with E-state index in [4.69, 9.17) is 4.74 Å². The lowest BCUT2D eigenvalue weighted by atomic mass is 10.2. The number of rotatable bonds is 8. The molecule has 2 amide bonds. The van der Waals surface area contributed by atoms with Crippen molar-refractivity contribution in [2.75, 3.05) is 50.8 Å². The minimum Gasteiger partial charge on any atom is -0.381 e. The van der Waals surface area contributed by atoms with Gasteiger partial charge in [-0.2, -0.15) is 0 Å². The molecule has 7 heteroatoms. The molecule has 0 atom stereocenters. The molecule has 26 heavy (non-hydrogen) atoms. The summed E-state index contributed by atoms with van der Waals surface area (Å²) in [6.07, 6.45) is 3.58. The van der Waals surface area contributed by atoms with Gasteiger partial charge in [0, 0.05) is 50.9 Å². The SMILES string of the molecule is O=C(NCCCOCCc1ccccc1)N1CCN(c2nccs2)CC1. The van der Waals surface area contributed by atoms with Gasteiger partial charge in [0.2, 0.25) is 0 Å². The molecule has 1 aliphatic rings. The fourth-order valence-electron chi connectivity index (χ4n) is 2.89. The fourth-order valence-corrected chi connectivity index (χ4v) is 3.59. The van der Waals surface area contributed by atoms with Crippen molar-refractivity contribution in [1.82, 2.24) is 15.2 Å². The molecule has 6 nitrogen and oxygen atoms in total. The Morgan fingerprint density at radius 3 is 2.69 bits per heavy atom. The maximum Gasteiger partial charge on any atom is 0.317 e. The van der Waals surface area contributed by atoms with Crippen LogP contribution in [0.25, 0.3) is 0 Å². The Labute approximate surface area is 158 Å². The summed E-state index contributed by atoms with van der Waals surface area (Å²) in [7, 11) is 0. The summed E-state index contributed by atoms with van der Waals surface area (Å²) in [5.41, 5.74) is 1.29. The molecule has 0 radical (unpaired) electrons. The topological polar surface area (TPSA) is 57.7 Å². The molecule has 0 saturated carbocycles. The summed E-state index contributed by atoms with van der Waals surface area (Å²) in [6.45, 7) is 5.18. The van der Waals surface area contributed by atoms with E-state index in [0.29, 0.717) is 13.2 Å². The molecule has 140 valence electrons. The number of carbonyl (C=O) groups excluding carboxylic acids is 1. The number of amides is 2. The van der Waals surface area contributed by atoms with E-state index in [0.717, 1.165) is 50.8 Å². The number of hydrogen-bond acceptors (Lipinski definition) is 5. The van der Waals surface area contributed by atoms with E-state index in [-0.39, 0.29) is 6.03 Å². The van der Waals surface area contributed by atoms with E-state index in [1.807, 2.05) is 34.7 Å². The Morgan fingerprint density at radius 1 is 1.15 bits per heavy atom. The van der Waals surface area contributed by atoms with Crippen LogP contribution in [0.3, 0.4) is 0 Å². The van der Waals surface area contributed by atoms with E-state index >= 15 is 0 Å². The molecular formula is C19H26N4O2S. The number of carbonyl (C=O) groups is 1. The lowest BCUT2D eigenvalue weighted by Gasteiger charge is -2.34. The normalized spacial score (nSPS) is 14.5. The Kier molecular flexibility index (Phi) is 7.27. The van der Waals surface area contributed by atoms with Crippen LogP contribution in [0, 0.1) is 0 Å². The molecule has 1 saturated heterocycles. The van der Waals surface area contributed by atoms with Crippen molar-refractivity contribution in [3.63, 3.8) is 0 Å². The molecule has 1 aromatic heterocycles. The first-order chi connectivity index (χ1) is 12.8. The van der Waals surface area contributed by atoms with Gasteiger partial charge < -0.3 is 19.9 Å². The molecule has 1 fully saturated rings. The molecular weight excluding hydrogens is 348 g/mol. The molecule has 0 spiro atoms. The Balaban J connectivity index is 1.22. The molecule has 2 aromatic rings. The van der Waals surface area contributed by atoms with Crippen molar-refractivity contribution in [2.24, 2.45) is 0 Å². The molecule has 3 rings (SSSR count). The van der Waals surface area contributed by atoms with Crippen LogP contribution in [0.2, 0.25) is 0 Å². The van der Waals surface area contributed by atoms with Crippen LogP contribution in [0.15, 0.2) is 41.9 Å². The van der Waals surface area contributed by atoms with Gasteiger partial charge in [-0.25, -0.2) is 9.78 Å². The lowest BCUT2D eigenvalue weighted by Crippen LogP contribution is -2.52. The van der Waals surface area contributed by atoms with E-state index in [1.165, 1.54) is 5.56 Å². The first-order valence-electron chi connectivity index (χ1n) is 9.12. The Hall–Kier alpha value is -2.12. The van der Waals surface area contributed by atoms with Crippen molar-refractivity contribution in [2.45, 2.75) is 12.8 Å². The van der Waals surface area contributed by atoms with Crippen LogP contribution in [-0.4, -0.2) is 61.9 Å². The van der Waals surface area contributed by atoms with Crippen molar-refractivity contribution in [1.29, 1.82) is 0 Å². The smallest absolute Gasteiger partial charge is 0.317 e. The standard InChI is InChI=1S/C19H26N4O2S/c24-18(22-10-12-23(13-11-22)19-21-9-16-26-19)20-8-4-14-25-15-7-17-5-2-1-3-6-17/h1-3,5-6,9,16H,4,7-8,10-15H2,(H,20,24). The van der Waals surface area contributed by atoms with Gasteiger partial charge in [0.15, 0.2) is 5.13 Å². The molecule has 0 bridgehead atoms. The minimum atomic E-state index is 0.0214. The summed E-state index contributed by atoms with van der Waals surface area (Å²) >= 11 is 1.64. The second-order valence-electron chi connectivity index (χ2n) is 6.22. The Morgan fingerprint density at radius 2 is 1.96 bits per heavy atom. The first-order valence-corrected chi connectivity index (χ1v) is 10.00. The largest absolute Gasteiger partial charge is 0.381 e. The van der Waals surface area contributed by atoms with Gasteiger partial charge in [-0.1, -0.05) is 30.3 Å². The first kappa shape index (κ1) is 18.7.